The first-order chi connectivity index (χ1) is 11.0. The Balaban J connectivity index is 1.94. The standard InChI is InChI=1S/C16H20ClN5O/c1-22(2)10-4-8-18-16-19-9-7-14(21-16)15(23)20-13-6-3-5-12(17)11-13/h3,5-7,9,11H,4,8,10H2,1-2H3,(H,20,23)(H,18,19,21). The molecule has 0 atom stereocenters. The molecule has 2 N–H and O–H groups in total. The molecular formula is C16H20ClN5O. The molecule has 0 aliphatic rings. The number of nitrogens with zero attached hydrogens (tertiary/aromatic N) is 3. The van der Waals surface area contributed by atoms with E-state index in [0.717, 1.165) is 19.5 Å². The van der Waals surface area contributed by atoms with Crippen molar-refractivity contribution in [3.05, 3.63) is 47.2 Å². The van der Waals surface area contributed by atoms with Gasteiger partial charge >= 0.3 is 0 Å². The SMILES string of the molecule is CN(C)CCCNc1nccc(C(=O)Nc2cccc(Cl)c2)n1. The summed E-state index contributed by atoms with van der Waals surface area (Å²) in [5.41, 5.74) is 0.927. The molecule has 1 aromatic carbocycles. The highest BCUT2D eigenvalue weighted by atomic mass is 35.5. The fourth-order valence-electron chi connectivity index (χ4n) is 1.93. The summed E-state index contributed by atoms with van der Waals surface area (Å²) in [5, 5.41) is 6.44. The molecule has 1 aromatic heterocycles. The molecule has 0 aliphatic carbocycles. The van der Waals surface area contributed by atoms with E-state index in [0.29, 0.717) is 22.4 Å². The van der Waals surface area contributed by atoms with Crippen LogP contribution < -0.4 is 10.6 Å². The molecule has 0 aliphatic heterocycles. The van der Waals surface area contributed by atoms with Gasteiger partial charge in [0.1, 0.15) is 5.69 Å². The number of anilines is 2. The third-order valence-electron chi connectivity index (χ3n) is 3.04. The van der Waals surface area contributed by atoms with Crippen LogP contribution in [0.3, 0.4) is 0 Å². The van der Waals surface area contributed by atoms with Crippen molar-refractivity contribution in [3.63, 3.8) is 0 Å². The van der Waals surface area contributed by atoms with Gasteiger partial charge in [-0.05, 0) is 51.3 Å². The summed E-state index contributed by atoms with van der Waals surface area (Å²) >= 11 is 5.90. The number of aromatic nitrogens is 2. The van der Waals surface area contributed by atoms with Gasteiger partial charge in [0.15, 0.2) is 0 Å². The fraction of sp³-hybridized carbons (Fsp3) is 0.312. The van der Waals surface area contributed by atoms with E-state index in [4.69, 9.17) is 11.6 Å². The van der Waals surface area contributed by atoms with Crippen LogP contribution in [-0.4, -0.2) is 48.0 Å². The lowest BCUT2D eigenvalue weighted by Crippen LogP contribution is -2.18. The highest BCUT2D eigenvalue weighted by Gasteiger charge is 2.09. The maximum Gasteiger partial charge on any atom is 0.274 e. The largest absolute Gasteiger partial charge is 0.354 e. The second-order valence-corrected chi connectivity index (χ2v) is 5.75. The van der Waals surface area contributed by atoms with Gasteiger partial charge in [-0.3, -0.25) is 4.79 Å². The topological polar surface area (TPSA) is 70.2 Å². The Morgan fingerprint density at radius 1 is 1.30 bits per heavy atom. The van der Waals surface area contributed by atoms with Crippen molar-refractivity contribution < 1.29 is 4.79 Å². The number of amides is 1. The summed E-state index contributed by atoms with van der Waals surface area (Å²) in [6.07, 6.45) is 2.53. The van der Waals surface area contributed by atoms with Gasteiger partial charge in [-0.25, -0.2) is 9.97 Å². The molecule has 1 amide bonds. The number of hydrogen-bond acceptors (Lipinski definition) is 5. The molecule has 6 nitrogen and oxygen atoms in total. The van der Waals surface area contributed by atoms with Crippen molar-refractivity contribution in [2.75, 3.05) is 37.8 Å². The maximum atomic E-state index is 12.2. The average Bonchev–Trinajstić information content (AvgIpc) is 2.52. The van der Waals surface area contributed by atoms with Crippen LogP contribution in [0.4, 0.5) is 11.6 Å². The zero-order valence-electron chi connectivity index (χ0n) is 13.2. The van der Waals surface area contributed by atoms with Crippen LogP contribution in [-0.2, 0) is 0 Å². The summed E-state index contributed by atoms with van der Waals surface area (Å²) in [5.74, 6) is 0.147. The highest BCUT2D eigenvalue weighted by molar-refractivity contribution is 6.30. The van der Waals surface area contributed by atoms with E-state index in [2.05, 4.69) is 25.5 Å². The minimum Gasteiger partial charge on any atom is -0.354 e. The van der Waals surface area contributed by atoms with Crippen molar-refractivity contribution in [1.82, 2.24) is 14.9 Å². The number of carbonyl (C=O) groups excluding carboxylic acids is 1. The van der Waals surface area contributed by atoms with E-state index in [-0.39, 0.29) is 5.91 Å². The number of halogens is 1. The van der Waals surface area contributed by atoms with Crippen molar-refractivity contribution in [3.8, 4) is 0 Å². The molecule has 122 valence electrons. The molecule has 0 unspecified atom stereocenters. The van der Waals surface area contributed by atoms with Gasteiger partial charge in [0, 0.05) is 23.5 Å². The first-order valence-corrected chi connectivity index (χ1v) is 7.71. The average molecular weight is 334 g/mol. The molecule has 0 saturated heterocycles. The van der Waals surface area contributed by atoms with E-state index < -0.39 is 0 Å². The zero-order chi connectivity index (χ0) is 16.7. The van der Waals surface area contributed by atoms with Gasteiger partial charge in [0.05, 0.1) is 0 Å². The monoisotopic (exact) mass is 333 g/mol. The Kier molecular flexibility index (Phi) is 6.31. The Hall–Kier alpha value is -2.18. The normalized spacial score (nSPS) is 10.6. The second-order valence-electron chi connectivity index (χ2n) is 5.31. The molecule has 0 saturated carbocycles. The predicted octanol–water partition coefficient (Wildman–Crippen LogP) is 2.75. The van der Waals surface area contributed by atoms with Crippen molar-refractivity contribution >= 4 is 29.1 Å². The van der Waals surface area contributed by atoms with Gasteiger partial charge < -0.3 is 15.5 Å². The molecule has 0 bridgehead atoms. The fourth-order valence-corrected chi connectivity index (χ4v) is 2.12. The summed E-state index contributed by atoms with van der Waals surface area (Å²) in [4.78, 5) is 22.7. The first kappa shape index (κ1) is 17.2. The summed E-state index contributed by atoms with van der Waals surface area (Å²) in [6.45, 7) is 1.72. The number of hydrogen-bond donors (Lipinski definition) is 2. The van der Waals surface area contributed by atoms with Crippen LogP contribution in [0, 0.1) is 0 Å². The van der Waals surface area contributed by atoms with Crippen molar-refractivity contribution in [1.29, 1.82) is 0 Å². The molecule has 7 heteroatoms. The van der Waals surface area contributed by atoms with Crippen molar-refractivity contribution in [2.24, 2.45) is 0 Å². The van der Waals surface area contributed by atoms with Gasteiger partial charge in [-0.1, -0.05) is 17.7 Å². The molecule has 2 aromatic rings. The highest BCUT2D eigenvalue weighted by Crippen LogP contribution is 2.15. The van der Waals surface area contributed by atoms with Crippen LogP contribution in [0.5, 0.6) is 0 Å². The van der Waals surface area contributed by atoms with E-state index >= 15 is 0 Å². The zero-order valence-corrected chi connectivity index (χ0v) is 14.0. The number of nitrogens with one attached hydrogen (secondary N) is 2. The quantitative estimate of drug-likeness (QED) is 0.762. The molecule has 0 radical (unpaired) electrons. The van der Waals surface area contributed by atoms with Gasteiger partial charge in [-0.15, -0.1) is 0 Å². The van der Waals surface area contributed by atoms with Crippen LogP contribution in [0.25, 0.3) is 0 Å². The Morgan fingerprint density at radius 3 is 2.87 bits per heavy atom. The van der Waals surface area contributed by atoms with Crippen LogP contribution in [0.1, 0.15) is 16.9 Å². The van der Waals surface area contributed by atoms with E-state index in [1.54, 1.807) is 36.5 Å². The van der Waals surface area contributed by atoms with Gasteiger partial charge in [-0.2, -0.15) is 0 Å². The minimum atomic E-state index is -0.300. The lowest BCUT2D eigenvalue weighted by atomic mass is 10.3. The first-order valence-electron chi connectivity index (χ1n) is 7.33. The maximum absolute atomic E-state index is 12.2. The van der Waals surface area contributed by atoms with Crippen LogP contribution >= 0.6 is 11.6 Å². The van der Waals surface area contributed by atoms with Gasteiger partial charge in [0.25, 0.3) is 5.91 Å². The Bertz CT molecular complexity index is 662. The Morgan fingerprint density at radius 2 is 2.13 bits per heavy atom. The van der Waals surface area contributed by atoms with Gasteiger partial charge in [0.2, 0.25) is 5.95 Å². The van der Waals surface area contributed by atoms with Crippen LogP contribution in [0.2, 0.25) is 5.02 Å². The molecule has 2 rings (SSSR count). The number of rotatable bonds is 7. The van der Waals surface area contributed by atoms with E-state index in [1.165, 1.54) is 0 Å². The second kappa shape index (κ2) is 8.45. The number of carbonyl (C=O) groups is 1. The van der Waals surface area contributed by atoms with E-state index in [9.17, 15) is 4.79 Å². The summed E-state index contributed by atoms with van der Waals surface area (Å²) < 4.78 is 0. The third-order valence-corrected chi connectivity index (χ3v) is 3.27. The summed E-state index contributed by atoms with van der Waals surface area (Å²) in [6, 6.07) is 8.55. The molecular weight excluding hydrogens is 314 g/mol. The smallest absolute Gasteiger partial charge is 0.274 e. The number of benzene rings is 1. The molecule has 1 heterocycles. The lowest BCUT2D eigenvalue weighted by molar-refractivity contribution is 0.102. The van der Waals surface area contributed by atoms with Crippen molar-refractivity contribution in [2.45, 2.75) is 6.42 Å². The molecule has 0 fully saturated rings. The van der Waals surface area contributed by atoms with E-state index in [1.807, 2.05) is 14.1 Å². The minimum absolute atomic E-state index is 0.300. The summed E-state index contributed by atoms with van der Waals surface area (Å²) in [7, 11) is 4.05. The molecule has 23 heavy (non-hydrogen) atoms. The lowest BCUT2D eigenvalue weighted by Gasteiger charge is -2.10. The third kappa shape index (κ3) is 5.84. The predicted molar refractivity (Wildman–Crippen MR) is 93.1 cm³/mol. The Labute approximate surface area is 140 Å². The van der Waals surface area contributed by atoms with Crippen LogP contribution in [0.15, 0.2) is 36.5 Å². The molecule has 0 spiro atoms.